The third kappa shape index (κ3) is 5.64. The highest BCUT2D eigenvalue weighted by Gasteiger charge is 2.07. The molecule has 2 aromatic rings. The fourth-order valence-electron chi connectivity index (χ4n) is 2.59. The molecule has 25 heavy (non-hydrogen) atoms. The number of hydrogen-bond acceptors (Lipinski definition) is 3. The topological polar surface area (TPSA) is 70.2 Å². The highest BCUT2D eigenvalue weighted by molar-refractivity contribution is 5.95. The van der Waals surface area contributed by atoms with Gasteiger partial charge in [-0.2, -0.15) is 0 Å². The smallest absolute Gasteiger partial charge is 0.243 e. The molecule has 2 amide bonds. The number of amides is 2. The van der Waals surface area contributed by atoms with Gasteiger partial charge in [0.2, 0.25) is 11.8 Å². The first-order chi connectivity index (χ1) is 12.0. The van der Waals surface area contributed by atoms with Gasteiger partial charge in [-0.05, 0) is 49.6 Å². The van der Waals surface area contributed by atoms with E-state index in [1.807, 2.05) is 39.0 Å². The molecule has 2 rings (SSSR count). The first kappa shape index (κ1) is 18.5. The van der Waals surface area contributed by atoms with Crippen LogP contribution in [0.5, 0.6) is 0 Å². The second-order valence-corrected chi connectivity index (χ2v) is 6.05. The lowest BCUT2D eigenvalue weighted by atomic mass is 10.1. The van der Waals surface area contributed by atoms with Crippen molar-refractivity contribution in [3.05, 3.63) is 53.6 Å². The van der Waals surface area contributed by atoms with Crippen LogP contribution >= 0.6 is 0 Å². The Morgan fingerprint density at radius 1 is 0.880 bits per heavy atom. The third-order valence-corrected chi connectivity index (χ3v) is 3.81. The van der Waals surface area contributed by atoms with E-state index in [9.17, 15) is 9.59 Å². The molecule has 0 radical (unpaired) electrons. The highest BCUT2D eigenvalue weighted by Crippen LogP contribution is 2.19. The highest BCUT2D eigenvalue weighted by atomic mass is 16.2. The fraction of sp³-hybridized carbons (Fsp3) is 0.300. The zero-order chi connectivity index (χ0) is 18.2. The second-order valence-electron chi connectivity index (χ2n) is 6.05. The third-order valence-electron chi connectivity index (χ3n) is 3.81. The van der Waals surface area contributed by atoms with Crippen molar-refractivity contribution in [2.45, 2.75) is 33.6 Å². The van der Waals surface area contributed by atoms with Crippen LogP contribution in [0.1, 0.15) is 30.9 Å². The average Bonchev–Trinajstić information content (AvgIpc) is 2.55. The molecule has 0 unspecified atom stereocenters. The molecule has 0 aromatic heterocycles. The summed E-state index contributed by atoms with van der Waals surface area (Å²) in [5, 5.41) is 8.85. The summed E-state index contributed by atoms with van der Waals surface area (Å²) in [7, 11) is 0. The number of para-hydroxylation sites is 1. The Morgan fingerprint density at radius 3 is 2.04 bits per heavy atom. The average molecular weight is 339 g/mol. The Labute approximate surface area is 148 Å². The van der Waals surface area contributed by atoms with E-state index in [0.29, 0.717) is 17.8 Å². The van der Waals surface area contributed by atoms with Crippen molar-refractivity contribution in [1.82, 2.24) is 0 Å². The molecule has 0 spiro atoms. The van der Waals surface area contributed by atoms with Crippen molar-refractivity contribution in [2.24, 2.45) is 0 Å². The van der Waals surface area contributed by atoms with Gasteiger partial charge in [0, 0.05) is 23.5 Å². The van der Waals surface area contributed by atoms with E-state index in [1.165, 1.54) is 0 Å². The molecule has 0 heterocycles. The number of benzene rings is 2. The Morgan fingerprint density at radius 2 is 1.44 bits per heavy atom. The number of hydrogen-bond donors (Lipinski definition) is 3. The number of rotatable bonds is 7. The van der Waals surface area contributed by atoms with E-state index in [-0.39, 0.29) is 18.4 Å². The SMILES string of the molecule is CCCC(=O)Nc1cccc(NC(=O)CNc2c(C)cccc2C)c1. The summed E-state index contributed by atoms with van der Waals surface area (Å²) >= 11 is 0. The lowest BCUT2D eigenvalue weighted by molar-refractivity contribution is -0.116. The van der Waals surface area contributed by atoms with Crippen LogP contribution in [0.15, 0.2) is 42.5 Å². The fourth-order valence-corrected chi connectivity index (χ4v) is 2.59. The van der Waals surface area contributed by atoms with Gasteiger partial charge in [-0.25, -0.2) is 0 Å². The van der Waals surface area contributed by atoms with E-state index < -0.39 is 0 Å². The normalized spacial score (nSPS) is 10.2. The minimum atomic E-state index is -0.139. The van der Waals surface area contributed by atoms with Crippen molar-refractivity contribution < 1.29 is 9.59 Å². The number of carbonyl (C=O) groups is 2. The van der Waals surface area contributed by atoms with Crippen LogP contribution in [0.25, 0.3) is 0 Å². The van der Waals surface area contributed by atoms with Gasteiger partial charge >= 0.3 is 0 Å². The van der Waals surface area contributed by atoms with Crippen molar-refractivity contribution in [3.63, 3.8) is 0 Å². The minimum absolute atomic E-state index is 0.0253. The molecule has 0 aliphatic heterocycles. The minimum Gasteiger partial charge on any atom is -0.376 e. The van der Waals surface area contributed by atoms with Gasteiger partial charge in [0.15, 0.2) is 0 Å². The van der Waals surface area contributed by atoms with Crippen LogP contribution in [0.3, 0.4) is 0 Å². The van der Waals surface area contributed by atoms with Crippen LogP contribution in [-0.4, -0.2) is 18.4 Å². The van der Waals surface area contributed by atoms with Crippen molar-refractivity contribution in [1.29, 1.82) is 0 Å². The molecule has 0 saturated heterocycles. The van der Waals surface area contributed by atoms with Gasteiger partial charge in [0.05, 0.1) is 6.54 Å². The molecule has 5 nitrogen and oxygen atoms in total. The van der Waals surface area contributed by atoms with E-state index in [2.05, 4.69) is 16.0 Å². The Kier molecular flexibility index (Phi) is 6.57. The van der Waals surface area contributed by atoms with Crippen LogP contribution in [-0.2, 0) is 9.59 Å². The molecule has 0 aliphatic rings. The molecule has 5 heteroatoms. The van der Waals surface area contributed by atoms with Gasteiger partial charge in [-0.3, -0.25) is 9.59 Å². The zero-order valence-corrected chi connectivity index (χ0v) is 15.0. The number of aryl methyl sites for hydroxylation is 2. The predicted molar refractivity (Wildman–Crippen MR) is 103 cm³/mol. The van der Waals surface area contributed by atoms with Gasteiger partial charge in [0.1, 0.15) is 0 Å². The van der Waals surface area contributed by atoms with Gasteiger partial charge in [-0.1, -0.05) is 31.2 Å². The second kappa shape index (κ2) is 8.87. The first-order valence-electron chi connectivity index (χ1n) is 8.49. The quantitative estimate of drug-likeness (QED) is 0.711. The maximum Gasteiger partial charge on any atom is 0.243 e. The summed E-state index contributed by atoms with van der Waals surface area (Å²) in [4.78, 5) is 23.8. The number of carbonyl (C=O) groups excluding carboxylic acids is 2. The van der Waals surface area contributed by atoms with Crippen molar-refractivity contribution in [3.8, 4) is 0 Å². The monoisotopic (exact) mass is 339 g/mol. The molecule has 0 fully saturated rings. The summed E-state index contributed by atoms with van der Waals surface area (Å²) in [6.45, 7) is 6.16. The lowest BCUT2D eigenvalue weighted by Gasteiger charge is -2.13. The Balaban J connectivity index is 1.93. The molecular weight excluding hydrogens is 314 g/mol. The van der Waals surface area contributed by atoms with E-state index >= 15 is 0 Å². The zero-order valence-electron chi connectivity index (χ0n) is 15.0. The van der Waals surface area contributed by atoms with E-state index in [4.69, 9.17) is 0 Å². The van der Waals surface area contributed by atoms with Gasteiger partial charge in [-0.15, -0.1) is 0 Å². The Bertz CT molecular complexity index is 736. The van der Waals surface area contributed by atoms with Gasteiger partial charge in [0.25, 0.3) is 0 Å². The summed E-state index contributed by atoms with van der Waals surface area (Å²) in [5.41, 5.74) is 4.53. The summed E-state index contributed by atoms with van der Waals surface area (Å²) in [5.74, 6) is -0.164. The standard InChI is InChI=1S/C20H25N3O2/c1-4-7-18(24)22-16-10-6-11-17(12-16)23-19(25)13-21-20-14(2)8-5-9-15(20)3/h5-6,8-12,21H,4,7,13H2,1-3H3,(H,22,24)(H,23,25). The molecule has 0 bridgehead atoms. The van der Waals surface area contributed by atoms with E-state index in [1.54, 1.807) is 24.3 Å². The number of nitrogens with one attached hydrogen (secondary N) is 3. The molecule has 132 valence electrons. The number of anilines is 3. The van der Waals surface area contributed by atoms with Crippen LogP contribution in [0, 0.1) is 13.8 Å². The lowest BCUT2D eigenvalue weighted by Crippen LogP contribution is -2.22. The molecule has 3 N–H and O–H groups in total. The predicted octanol–water partition coefficient (Wildman–Crippen LogP) is 4.09. The molecule has 0 saturated carbocycles. The summed E-state index contributed by atoms with van der Waals surface area (Å²) in [6, 6.07) is 13.2. The molecule has 0 aliphatic carbocycles. The first-order valence-corrected chi connectivity index (χ1v) is 8.49. The largest absolute Gasteiger partial charge is 0.376 e. The summed E-state index contributed by atoms with van der Waals surface area (Å²) < 4.78 is 0. The van der Waals surface area contributed by atoms with E-state index in [0.717, 1.165) is 23.2 Å². The van der Waals surface area contributed by atoms with Crippen molar-refractivity contribution in [2.75, 3.05) is 22.5 Å². The van der Waals surface area contributed by atoms with Crippen LogP contribution in [0.4, 0.5) is 17.1 Å². The maximum absolute atomic E-state index is 12.2. The molecular formula is C20H25N3O2. The van der Waals surface area contributed by atoms with Crippen molar-refractivity contribution >= 4 is 28.9 Å². The maximum atomic E-state index is 12.2. The van der Waals surface area contributed by atoms with Gasteiger partial charge < -0.3 is 16.0 Å². The Hall–Kier alpha value is -2.82. The molecule has 0 atom stereocenters. The molecule has 2 aromatic carbocycles. The van der Waals surface area contributed by atoms with Crippen LogP contribution in [0.2, 0.25) is 0 Å². The summed E-state index contributed by atoms with van der Waals surface area (Å²) in [6.07, 6.45) is 1.28. The van der Waals surface area contributed by atoms with Crippen LogP contribution < -0.4 is 16.0 Å².